The van der Waals surface area contributed by atoms with Crippen LogP contribution in [-0.2, 0) is 7.05 Å². The van der Waals surface area contributed by atoms with Crippen molar-refractivity contribution in [1.29, 1.82) is 0 Å². The number of carbonyl (C=O) groups is 1. The second-order valence-electron chi connectivity index (χ2n) is 7.17. The van der Waals surface area contributed by atoms with Crippen molar-refractivity contribution in [3.8, 4) is 11.4 Å². The van der Waals surface area contributed by atoms with Gasteiger partial charge in [0.05, 0.1) is 16.5 Å². The van der Waals surface area contributed by atoms with Gasteiger partial charge >= 0.3 is 0 Å². The highest BCUT2D eigenvalue weighted by Crippen LogP contribution is 2.23. The number of hydrogen-bond acceptors (Lipinski definition) is 6. The SMILES string of the molecule is Cc1nc2cccc(-c3ncc(C(=O)N4CCCC(N)C4)cn3)c2c(=O)n1C. The number of hydrogen-bond donors (Lipinski definition) is 1. The summed E-state index contributed by atoms with van der Waals surface area (Å²) in [6, 6.07) is 5.42. The van der Waals surface area contributed by atoms with Crippen molar-refractivity contribution in [2.75, 3.05) is 13.1 Å². The van der Waals surface area contributed by atoms with Crippen molar-refractivity contribution in [2.45, 2.75) is 25.8 Å². The van der Waals surface area contributed by atoms with Crippen molar-refractivity contribution in [3.05, 3.63) is 52.3 Å². The number of rotatable bonds is 2. The molecule has 4 rings (SSSR count). The molecule has 0 spiro atoms. The Kier molecular flexibility index (Phi) is 4.64. The van der Waals surface area contributed by atoms with E-state index in [4.69, 9.17) is 5.73 Å². The van der Waals surface area contributed by atoms with Gasteiger partial charge in [-0.25, -0.2) is 15.0 Å². The van der Waals surface area contributed by atoms with Gasteiger partial charge in [-0.3, -0.25) is 14.2 Å². The van der Waals surface area contributed by atoms with Crippen LogP contribution >= 0.6 is 0 Å². The molecule has 2 N–H and O–H groups in total. The number of fused-ring (bicyclic) bond motifs is 1. The van der Waals surface area contributed by atoms with Crippen LogP contribution in [0.4, 0.5) is 0 Å². The molecule has 0 bridgehead atoms. The standard InChI is InChI=1S/C20H22N6O2/c1-12-24-16-7-3-6-15(17(16)20(28)25(12)2)18-22-9-13(10-23-18)19(27)26-8-4-5-14(21)11-26/h3,6-7,9-10,14H,4-5,8,11,21H2,1-2H3. The number of nitrogens with zero attached hydrogens (tertiary/aromatic N) is 5. The molecule has 1 unspecified atom stereocenters. The number of amides is 1. The van der Waals surface area contributed by atoms with E-state index in [2.05, 4.69) is 15.0 Å². The van der Waals surface area contributed by atoms with E-state index in [9.17, 15) is 9.59 Å². The summed E-state index contributed by atoms with van der Waals surface area (Å²) in [7, 11) is 1.69. The molecule has 1 atom stereocenters. The molecule has 1 fully saturated rings. The van der Waals surface area contributed by atoms with Crippen molar-refractivity contribution < 1.29 is 4.79 Å². The summed E-state index contributed by atoms with van der Waals surface area (Å²) < 4.78 is 1.50. The first-order valence-electron chi connectivity index (χ1n) is 9.29. The van der Waals surface area contributed by atoms with Gasteiger partial charge in [0.1, 0.15) is 5.82 Å². The smallest absolute Gasteiger partial charge is 0.261 e. The molecule has 2 aromatic heterocycles. The van der Waals surface area contributed by atoms with E-state index in [-0.39, 0.29) is 17.5 Å². The molecule has 8 heteroatoms. The average molecular weight is 378 g/mol. The molecule has 8 nitrogen and oxygen atoms in total. The number of nitrogens with two attached hydrogens (primary N) is 1. The number of likely N-dealkylation sites (tertiary alicyclic amines) is 1. The van der Waals surface area contributed by atoms with Gasteiger partial charge in [0.25, 0.3) is 11.5 Å². The van der Waals surface area contributed by atoms with Crippen LogP contribution in [0, 0.1) is 6.92 Å². The molecule has 1 aliphatic heterocycles. The molecule has 1 aliphatic rings. The summed E-state index contributed by atoms with van der Waals surface area (Å²) in [5.41, 5.74) is 7.44. The Labute approximate surface area is 162 Å². The second-order valence-corrected chi connectivity index (χ2v) is 7.17. The van der Waals surface area contributed by atoms with Gasteiger partial charge in [0, 0.05) is 44.1 Å². The van der Waals surface area contributed by atoms with E-state index in [0.29, 0.717) is 46.8 Å². The third-order valence-electron chi connectivity index (χ3n) is 5.21. The van der Waals surface area contributed by atoms with Crippen molar-refractivity contribution in [2.24, 2.45) is 12.8 Å². The van der Waals surface area contributed by atoms with Gasteiger partial charge in [0.15, 0.2) is 5.82 Å². The molecule has 1 saturated heterocycles. The molecule has 1 amide bonds. The van der Waals surface area contributed by atoms with Crippen LogP contribution in [0.25, 0.3) is 22.3 Å². The Bertz CT molecular complexity index is 1110. The summed E-state index contributed by atoms with van der Waals surface area (Å²) in [5.74, 6) is 0.907. The maximum absolute atomic E-state index is 12.8. The first-order valence-corrected chi connectivity index (χ1v) is 9.29. The van der Waals surface area contributed by atoms with Gasteiger partial charge in [0.2, 0.25) is 0 Å². The quantitative estimate of drug-likeness (QED) is 0.719. The Morgan fingerprint density at radius 2 is 2.00 bits per heavy atom. The molecular weight excluding hydrogens is 356 g/mol. The van der Waals surface area contributed by atoms with E-state index in [1.807, 2.05) is 6.07 Å². The largest absolute Gasteiger partial charge is 0.337 e. The van der Waals surface area contributed by atoms with Crippen LogP contribution in [0.1, 0.15) is 29.0 Å². The number of benzene rings is 1. The van der Waals surface area contributed by atoms with Crippen LogP contribution in [0.2, 0.25) is 0 Å². The fourth-order valence-corrected chi connectivity index (χ4v) is 3.56. The zero-order valence-electron chi connectivity index (χ0n) is 15.9. The average Bonchev–Trinajstić information content (AvgIpc) is 2.71. The predicted octanol–water partition coefficient (Wildman–Crippen LogP) is 1.26. The summed E-state index contributed by atoms with van der Waals surface area (Å²) in [6.45, 7) is 3.03. The maximum atomic E-state index is 12.8. The molecule has 0 saturated carbocycles. The molecular formula is C20H22N6O2. The zero-order valence-corrected chi connectivity index (χ0v) is 15.9. The van der Waals surface area contributed by atoms with Crippen LogP contribution in [-0.4, -0.2) is 49.5 Å². The zero-order chi connectivity index (χ0) is 19.8. The van der Waals surface area contributed by atoms with Crippen molar-refractivity contribution >= 4 is 16.8 Å². The minimum atomic E-state index is -0.149. The topological polar surface area (TPSA) is 107 Å². The number of aryl methyl sites for hydroxylation is 1. The lowest BCUT2D eigenvalue weighted by molar-refractivity contribution is 0.0708. The Morgan fingerprint density at radius 1 is 1.25 bits per heavy atom. The molecule has 3 heterocycles. The van der Waals surface area contributed by atoms with Crippen molar-refractivity contribution in [1.82, 2.24) is 24.4 Å². The van der Waals surface area contributed by atoms with E-state index in [1.165, 1.54) is 17.0 Å². The third-order valence-corrected chi connectivity index (χ3v) is 5.21. The highest BCUT2D eigenvalue weighted by molar-refractivity contribution is 5.95. The minimum absolute atomic E-state index is 0.0146. The van der Waals surface area contributed by atoms with Crippen molar-refractivity contribution in [3.63, 3.8) is 0 Å². The van der Waals surface area contributed by atoms with E-state index < -0.39 is 0 Å². The molecule has 0 aliphatic carbocycles. The minimum Gasteiger partial charge on any atom is -0.337 e. The van der Waals surface area contributed by atoms with Gasteiger partial charge in [-0.1, -0.05) is 12.1 Å². The number of carbonyl (C=O) groups excluding carboxylic acids is 1. The molecule has 28 heavy (non-hydrogen) atoms. The summed E-state index contributed by atoms with van der Waals surface area (Å²) in [5, 5.41) is 0.469. The van der Waals surface area contributed by atoms with Crippen LogP contribution in [0.15, 0.2) is 35.4 Å². The molecule has 3 aromatic rings. The number of piperidine rings is 1. The van der Waals surface area contributed by atoms with E-state index in [1.54, 1.807) is 31.0 Å². The lowest BCUT2D eigenvalue weighted by Gasteiger charge is -2.30. The normalized spacial score (nSPS) is 17.1. The first-order chi connectivity index (χ1) is 13.5. The summed E-state index contributed by atoms with van der Waals surface area (Å²) in [6.07, 6.45) is 4.85. The third kappa shape index (κ3) is 3.16. The lowest BCUT2D eigenvalue weighted by atomic mass is 10.1. The number of aromatic nitrogens is 4. The van der Waals surface area contributed by atoms with E-state index in [0.717, 1.165) is 12.8 Å². The first kappa shape index (κ1) is 18.2. The Morgan fingerprint density at radius 3 is 2.71 bits per heavy atom. The van der Waals surface area contributed by atoms with Gasteiger partial charge < -0.3 is 10.6 Å². The molecule has 144 valence electrons. The van der Waals surface area contributed by atoms with Crippen LogP contribution in [0.3, 0.4) is 0 Å². The lowest BCUT2D eigenvalue weighted by Crippen LogP contribution is -2.45. The fraction of sp³-hybridized carbons (Fsp3) is 0.350. The second kappa shape index (κ2) is 7.12. The highest BCUT2D eigenvalue weighted by Gasteiger charge is 2.23. The molecule has 1 aromatic carbocycles. The Balaban J connectivity index is 1.71. The van der Waals surface area contributed by atoms with Gasteiger partial charge in [-0.15, -0.1) is 0 Å². The maximum Gasteiger partial charge on any atom is 0.261 e. The van der Waals surface area contributed by atoms with E-state index >= 15 is 0 Å². The van der Waals surface area contributed by atoms with Gasteiger partial charge in [-0.2, -0.15) is 0 Å². The van der Waals surface area contributed by atoms with Crippen LogP contribution in [0.5, 0.6) is 0 Å². The predicted molar refractivity (Wildman–Crippen MR) is 106 cm³/mol. The van der Waals surface area contributed by atoms with Gasteiger partial charge in [-0.05, 0) is 25.8 Å². The Hall–Kier alpha value is -3.13. The molecule has 0 radical (unpaired) electrons. The summed E-state index contributed by atoms with van der Waals surface area (Å²) in [4.78, 5) is 40.4. The fourth-order valence-electron chi connectivity index (χ4n) is 3.56. The monoisotopic (exact) mass is 378 g/mol. The summed E-state index contributed by atoms with van der Waals surface area (Å²) >= 11 is 0. The highest BCUT2D eigenvalue weighted by atomic mass is 16.2. The van der Waals surface area contributed by atoms with Crippen LogP contribution < -0.4 is 11.3 Å².